The second kappa shape index (κ2) is 8.33. The van der Waals surface area contributed by atoms with Crippen LogP contribution in [0.3, 0.4) is 0 Å². The molecule has 2 N–H and O–H groups in total. The third-order valence-corrected chi connectivity index (χ3v) is 3.57. The lowest BCUT2D eigenvalue weighted by molar-refractivity contribution is -0.121. The van der Waals surface area contributed by atoms with E-state index < -0.39 is 41.5 Å². The van der Waals surface area contributed by atoms with E-state index in [9.17, 15) is 22.8 Å². The minimum atomic E-state index is -1.68. The van der Waals surface area contributed by atoms with Gasteiger partial charge in [0, 0.05) is 6.08 Å². The Labute approximate surface area is 148 Å². The minimum Gasteiger partial charge on any atom is -0.343 e. The van der Waals surface area contributed by atoms with E-state index in [-0.39, 0.29) is 0 Å². The molecule has 0 aromatic heterocycles. The summed E-state index contributed by atoms with van der Waals surface area (Å²) in [6, 6.07) is 7.34. The summed E-state index contributed by atoms with van der Waals surface area (Å²) in [6.45, 7) is 3.42. The fraction of sp³-hybridized carbons (Fsp3) is 0.158. The first-order valence-corrected chi connectivity index (χ1v) is 7.74. The summed E-state index contributed by atoms with van der Waals surface area (Å²) in [7, 11) is 0. The molecule has 2 rings (SSSR count). The van der Waals surface area contributed by atoms with Crippen molar-refractivity contribution in [3.8, 4) is 0 Å². The van der Waals surface area contributed by atoms with E-state index in [0.29, 0.717) is 6.07 Å². The highest BCUT2D eigenvalue weighted by molar-refractivity contribution is 5.98. The van der Waals surface area contributed by atoms with Gasteiger partial charge in [-0.3, -0.25) is 9.59 Å². The Morgan fingerprint density at radius 2 is 1.77 bits per heavy atom. The first kappa shape index (κ1) is 19.2. The number of benzene rings is 2. The van der Waals surface area contributed by atoms with Gasteiger partial charge in [0.05, 0.1) is 12.2 Å². The molecule has 0 radical (unpaired) electrons. The summed E-state index contributed by atoms with van der Waals surface area (Å²) in [5, 5.41) is 4.38. The number of nitrogens with one attached hydrogen (secondary N) is 2. The molecule has 0 spiro atoms. The number of carbonyl (C=O) groups is 2. The van der Waals surface area contributed by atoms with Gasteiger partial charge >= 0.3 is 0 Å². The molecule has 0 unspecified atom stereocenters. The van der Waals surface area contributed by atoms with Crippen LogP contribution in [-0.2, 0) is 9.59 Å². The number of anilines is 1. The molecule has 0 saturated heterocycles. The van der Waals surface area contributed by atoms with Crippen molar-refractivity contribution in [2.24, 2.45) is 0 Å². The summed E-state index contributed by atoms with van der Waals surface area (Å²) in [4.78, 5) is 23.5. The highest BCUT2D eigenvalue weighted by Crippen LogP contribution is 2.19. The molecule has 2 aromatic rings. The van der Waals surface area contributed by atoms with Gasteiger partial charge in [-0.2, -0.15) is 0 Å². The maximum atomic E-state index is 13.5. The van der Waals surface area contributed by atoms with E-state index in [4.69, 9.17) is 0 Å². The number of hydrogen-bond acceptors (Lipinski definition) is 2. The fourth-order valence-electron chi connectivity index (χ4n) is 2.22. The van der Waals surface area contributed by atoms with Crippen molar-refractivity contribution in [2.45, 2.75) is 13.8 Å². The zero-order valence-corrected chi connectivity index (χ0v) is 14.2. The molecule has 0 aliphatic rings. The second-order valence-corrected chi connectivity index (χ2v) is 5.68. The van der Waals surface area contributed by atoms with Crippen molar-refractivity contribution < 1.29 is 22.8 Å². The number of carbonyl (C=O) groups excluding carboxylic acids is 2. The minimum absolute atomic E-state index is 0.450. The van der Waals surface area contributed by atoms with Crippen LogP contribution in [0.1, 0.15) is 16.7 Å². The SMILES string of the molecule is Cc1ccc(/C=C/C(=O)NCC(=O)Nc2ccc(F)c(F)c2F)c(C)c1. The van der Waals surface area contributed by atoms with Gasteiger partial charge in [-0.15, -0.1) is 0 Å². The van der Waals surface area contributed by atoms with Gasteiger partial charge in [-0.1, -0.05) is 23.8 Å². The van der Waals surface area contributed by atoms with Gasteiger partial charge in [0.25, 0.3) is 0 Å². The molecule has 0 fully saturated rings. The normalized spacial score (nSPS) is 10.8. The molecule has 136 valence electrons. The van der Waals surface area contributed by atoms with Gasteiger partial charge in [0.1, 0.15) is 0 Å². The predicted octanol–water partition coefficient (Wildman–Crippen LogP) is 3.49. The van der Waals surface area contributed by atoms with E-state index >= 15 is 0 Å². The van der Waals surface area contributed by atoms with E-state index in [1.165, 1.54) is 6.08 Å². The third kappa shape index (κ3) is 4.95. The first-order chi connectivity index (χ1) is 12.3. The quantitative estimate of drug-likeness (QED) is 0.632. The van der Waals surface area contributed by atoms with Crippen molar-refractivity contribution in [1.29, 1.82) is 0 Å². The molecule has 0 atom stereocenters. The summed E-state index contributed by atoms with van der Waals surface area (Å²) < 4.78 is 39.4. The van der Waals surface area contributed by atoms with Crippen LogP contribution in [0.25, 0.3) is 6.08 Å². The van der Waals surface area contributed by atoms with E-state index in [1.54, 1.807) is 6.08 Å². The van der Waals surface area contributed by atoms with E-state index in [0.717, 1.165) is 22.8 Å². The standard InChI is InChI=1S/C19H17F3N2O2/c1-11-3-4-13(12(2)9-11)5-8-16(25)23-10-17(26)24-15-7-6-14(20)18(21)19(15)22/h3-9H,10H2,1-2H3,(H,23,25)(H,24,26)/b8-5+. The maximum Gasteiger partial charge on any atom is 0.244 e. The van der Waals surface area contributed by atoms with Crippen LogP contribution in [0.15, 0.2) is 36.4 Å². The number of halogens is 3. The number of rotatable bonds is 5. The Hall–Kier alpha value is -3.09. The molecule has 4 nitrogen and oxygen atoms in total. The number of aryl methyl sites for hydroxylation is 2. The summed E-state index contributed by atoms with van der Waals surface area (Å²) in [5.41, 5.74) is 2.46. The molecular formula is C19H17F3N2O2. The Morgan fingerprint density at radius 1 is 1.04 bits per heavy atom. The van der Waals surface area contributed by atoms with Crippen LogP contribution in [0.2, 0.25) is 0 Å². The Kier molecular flexibility index (Phi) is 6.16. The zero-order chi connectivity index (χ0) is 19.3. The molecule has 2 amide bonds. The van der Waals surface area contributed by atoms with Crippen LogP contribution < -0.4 is 10.6 Å². The maximum absolute atomic E-state index is 13.5. The lowest BCUT2D eigenvalue weighted by atomic mass is 10.1. The van der Waals surface area contributed by atoms with Crippen molar-refractivity contribution in [3.63, 3.8) is 0 Å². The van der Waals surface area contributed by atoms with Crippen molar-refractivity contribution >= 4 is 23.6 Å². The highest BCUT2D eigenvalue weighted by Gasteiger charge is 2.15. The largest absolute Gasteiger partial charge is 0.343 e. The molecule has 0 heterocycles. The van der Waals surface area contributed by atoms with E-state index in [1.807, 2.05) is 32.0 Å². The lowest BCUT2D eigenvalue weighted by Crippen LogP contribution is -2.32. The topological polar surface area (TPSA) is 58.2 Å². The summed E-state index contributed by atoms with van der Waals surface area (Å²) in [6.07, 6.45) is 2.88. The van der Waals surface area contributed by atoms with Gasteiger partial charge in [-0.05, 0) is 43.2 Å². The van der Waals surface area contributed by atoms with Gasteiger partial charge < -0.3 is 10.6 Å². The first-order valence-electron chi connectivity index (χ1n) is 7.74. The molecule has 7 heteroatoms. The van der Waals surface area contributed by atoms with Gasteiger partial charge in [-0.25, -0.2) is 13.2 Å². The molecule has 0 aliphatic carbocycles. The van der Waals surface area contributed by atoms with Gasteiger partial charge in [0.2, 0.25) is 11.8 Å². The molecule has 2 aromatic carbocycles. The predicted molar refractivity (Wildman–Crippen MR) is 92.9 cm³/mol. The van der Waals surface area contributed by atoms with Crippen LogP contribution in [0.4, 0.5) is 18.9 Å². The van der Waals surface area contributed by atoms with E-state index in [2.05, 4.69) is 10.6 Å². The summed E-state index contributed by atoms with van der Waals surface area (Å²) in [5.74, 6) is -5.83. The lowest BCUT2D eigenvalue weighted by Gasteiger charge is -2.07. The summed E-state index contributed by atoms with van der Waals surface area (Å²) >= 11 is 0. The Morgan fingerprint density at radius 3 is 2.46 bits per heavy atom. The van der Waals surface area contributed by atoms with Gasteiger partial charge in [0.15, 0.2) is 17.5 Å². The molecule has 26 heavy (non-hydrogen) atoms. The number of hydrogen-bond donors (Lipinski definition) is 2. The van der Waals surface area contributed by atoms with Crippen LogP contribution in [-0.4, -0.2) is 18.4 Å². The van der Waals surface area contributed by atoms with Crippen molar-refractivity contribution in [3.05, 3.63) is 70.5 Å². The van der Waals surface area contributed by atoms with Crippen LogP contribution in [0, 0.1) is 31.3 Å². The van der Waals surface area contributed by atoms with Crippen molar-refractivity contribution in [1.82, 2.24) is 5.32 Å². The van der Waals surface area contributed by atoms with Crippen LogP contribution in [0.5, 0.6) is 0 Å². The smallest absolute Gasteiger partial charge is 0.244 e. The molecule has 0 aliphatic heterocycles. The zero-order valence-electron chi connectivity index (χ0n) is 14.2. The Balaban J connectivity index is 1.90. The average Bonchev–Trinajstić information content (AvgIpc) is 2.59. The second-order valence-electron chi connectivity index (χ2n) is 5.68. The molecule has 0 saturated carbocycles. The Bertz CT molecular complexity index is 879. The van der Waals surface area contributed by atoms with Crippen LogP contribution >= 0.6 is 0 Å². The van der Waals surface area contributed by atoms with Crippen molar-refractivity contribution in [2.75, 3.05) is 11.9 Å². The average molecular weight is 362 g/mol. The highest BCUT2D eigenvalue weighted by atomic mass is 19.2. The number of amides is 2. The molecular weight excluding hydrogens is 345 g/mol. The third-order valence-electron chi connectivity index (χ3n) is 3.57. The monoisotopic (exact) mass is 362 g/mol. The fourth-order valence-corrected chi connectivity index (χ4v) is 2.22. The molecule has 0 bridgehead atoms.